The third-order valence-corrected chi connectivity index (χ3v) is 6.63. The monoisotopic (exact) mass is 433 g/mol. The summed E-state index contributed by atoms with van der Waals surface area (Å²) in [7, 11) is -2.24. The number of aryl methyl sites for hydroxylation is 2. The highest BCUT2D eigenvalue weighted by Crippen LogP contribution is 2.33. The van der Waals surface area contributed by atoms with E-state index >= 15 is 0 Å². The molecular formula is C21H23NO5S2. The van der Waals surface area contributed by atoms with E-state index in [1.165, 1.54) is 0 Å². The Hall–Kier alpha value is -2.29. The molecule has 1 aromatic heterocycles. The van der Waals surface area contributed by atoms with E-state index in [2.05, 4.69) is 4.98 Å². The Bertz CT molecular complexity index is 1090. The van der Waals surface area contributed by atoms with E-state index in [1.54, 1.807) is 50.9 Å². The van der Waals surface area contributed by atoms with Gasteiger partial charge in [0.1, 0.15) is 22.1 Å². The maximum absolute atomic E-state index is 12.5. The molecule has 0 radical (unpaired) electrons. The molecule has 0 saturated heterocycles. The molecular weight excluding hydrogens is 410 g/mol. The van der Waals surface area contributed by atoms with Crippen LogP contribution in [0.3, 0.4) is 0 Å². The van der Waals surface area contributed by atoms with Crippen LogP contribution in [0.5, 0.6) is 5.75 Å². The van der Waals surface area contributed by atoms with Crippen LogP contribution in [0.2, 0.25) is 0 Å². The van der Waals surface area contributed by atoms with Gasteiger partial charge in [-0.25, -0.2) is 4.98 Å². The van der Waals surface area contributed by atoms with Gasteiger partial charge in [-0.05, 0) is 57.2 Å². The van der Waals surface area contributed by atoms with Gasteiger partial charge in [0, 0.05) is 10.5 Å². The van der Waals surface area contributed by atoms with Crippen molar-refractivity contribution >= 4 is 21.9 Å². The van der Waals surface area contributed by atoms with E-state index in [4.69, 9.17) is 13.3 Å². The zero-order chi connectivity index (χ0) is 21.0. The van der Waals surface area contributed by atoms with Crippen molar-refractivity contribution in [3.63, 3.8) is 0 Å². The summed E-state index contributed by atoms with van der Waals surface area (Å²) in [5.74, 6) is 2.41. The van der Waals surface area contributed by atoms with Gasteiger partial charge < -0.3 is 9.15 Å². The second kappa shape index (κ2) is 9.02. The van der Waals surface area contributed by atoms with Gasteiger partial charge in [0.25, 0.3) is 10.1 Å². The normalized spacial score (nSPS) is 11.6. The van der Waals surface area contributed by atoms with Crippen molar-refractivity contribution in [2.24, 2.45) is 0 Å². The topological polar surface area (TPSA) is 78.6 Å². The number of nitrogens with zero attached hydrogens (tertiary/aromatic N) is 1. The molecule has 2 aromatic carbocycles. The number of methoxy groups -OCH3 is 1. The molecule has 6 nitrogen and oxygen atoms in total. The Balaban J connectivity index is 1.89. The Kier molecular flexibility index (Phi) is 6.66. The average molecular weight is 434 g/mol. The first kappa shape index (κ1) is 21.4. The smallest absolute Gasteiger partial charge is 0.297 e. The minimum atomic E-state index is -3.87. The summed E-state index contributed by atoms with van der Waals surface area (Å²) in [4.78, 5) is 5.72. The summed E-state index contributed by atoms with van der Waals surface area (Å²) in [5, 5.41) is 0. The van der Waals surface area contributed by atoms with Crippen LogP contribution in [-0.2, 0) is 20.1 Å². The van der Waals surface area contributed by atoms with E-state index in [0.717, 1.165) is 16.2 Å². The van der Waals surface area contributed by atoms with Crippen LogP contribution in [0, 0.1) is 13.8 Å². The molecule has 3 aromatic rings. The van der Waals surface area contributed by atoms with E-state index in [1.807, 2.05) is 31.2 Å². The van der Waals surface area contributed by atoms with Gasteiger partial charge in [0.2, 0.25) is 5.89 Å². The minimum absolute atomic E-state index is 0.0667. The highest BCUT2D eigenvalue weighted by molar-refractivity contribution is 7.98. The maximum atomic E-state index is 12.5. The Morgan fingerprint density at radius 1 is 1.10 bits per heavy atom. The third kappa shape index (κ3) is 5.01. The molecule has 3 rings (SSSR count). The van der Waals surface area contributed by atoms with Crippen LogP contribution in [0.15, 0.2) is 56.7 Å². The molecule has 0 aliphatic carbocycles. The summed E-state index contributed by atoms with van der Waals surface area (Å²) < 4.78 is 41.0. The van der Waals surface area contributed by atoms with Crippen LogP contribution in [-0.4, -0.2) is 27.1 Å². The van der Waals surface area contributed by atoms with Gasteiger partial charge in [0.05, 0.1) is 19.5 Å². The van der Waals surface area contributed by atoms with Gasteiger partial charge in [0.15, 0.2) is 0 Å². The first-order chi connectivity index (χ1) is 13.8. The lowest BCUT2D eigenvalue weighted by molar-refractivity contribution is 0.338. The van der Waals surface area contributed by atoms with Gasteiger partial charge in [-0.2, -0.15) is 8.42 Å². The molecule has 0 atom stereocenters. The summed E-state index contributed by atoms with van der Waals surface area (Å²) >= 11 is 1.58. The van der Waals surface area contributed by atoms with E-state index < -0.39 is 10.1 Å². The molecule has 0 N–H and O–H groups in total. The molecule has 8 heteroatoms. The zero-order valence-electron chi connectivity index (χ0n) is 16.8. The highest BCUT2D eigenvalue weighted by atomic mass is 32.2. The molecule has 0 unspecified atom stereocenters. The number of benzene rings is 2. The quantitative estimate of drug-likeness (QED) is 0.366. The lowest BCUT2D eigenvalue weighted by Gasteiger charge is -2.09. The molecule has 1 heterocycles. The lowest BCUT2D eigenvalue weighted by atomic mass is 10.1. The Morgan fingerprint density at radius 2 is 1.83 bits per heavy atom. The van der Waals surface area contributed by atoms with E-state index in [0.29, 0.717) is 28.7 Å². The third-order valence-electron chi connectivity index (χ3n) is 4.20. The van der Waals surface area contributed by atoms with Gasteiger partial charge in [-0.3, -0.25) is 4.18 Å². The number of aromatic nitrogens is 1. The first-order valence-corrected chi connectivity index (χ1v) is 11.5. The fraction of sp³-hybridized carbons (Fsp3) is 0.286. The molecule has 29 heavy (non-hydrogen) atoms. The first-order valence-electron chi connectivity index (χ1n) is 9.07. The number of hydrogen-bond donors (Lipinski definition) is 0. The number of ether oxygens (including phenoxy) is 1. The minimum Gasteiger partial charge on any atom is -0.497 e. The number of rotatable bonds is 8. The average Bonchev–Trinajstić information content (AvgIpc) is 3.07. The van der Waals surface area contributed by atoms with Crippen molar-refractivity contribution in [3.8, 4) is 17.0 Å². The maximum Gasteiger partial charge on any atom is 0.297 e. The molecule has 0 bridgehead atoms. The summed E-state index contributed by atoms with van der Waals surface area (Å²) in [5.41, 5.74) is 1.92. The van der Waals surface area contributed by atoms with Crippen molar-refractivity contribution in [3.05, 3.63) is 59.7 Å². The predicted molar refractivity (Wildman–Crippen MR) is 113 cm³/mol. The second-order valence-electron chi connectivity index (χ2n) is 6.34. The lowest BCUT2D eigenvalue weighted by Crippen LogP contribution is -2.08. The Labute approximate surface area is 175 Å². The SMILES string of the molecule is CCOS(=O)(=O)c1ccc(C)cc1-c1nc(CSc2ccc(OC)cc2)oc1C. The van der Waals surface area contributed by atoms with Crippen LogP contribution in [0.25, 0.3) is 11.3 Å². The molecule has 0 saturated carbocycles. The molecule has 154 valence electrons. The standard InChI is InChI=1S/C21H23NO5S2/c1-5-26-29(23,24)19-11-6-14(2)12-18(19)21-15(3)27-20(22-21)13-28-17-9-7-16(25-4)8-10-17/h6-12H,5,13H2,1-4H3. The van der Waals surface area contributed by atoms with Gasteiger partial charge in [-0.15, -0.1) is 11.8 Å². The summed E-state index contributed by atoms with van der Waals surface area (Å²) in [6.45, 7) is 5.39. The predicted octanol–water partition coefficient (Wildman–Crippen LogP) is 4.98. The molecule has 0 spiro atoms. The molecule has 0 fully saturated rings. The molecule has 0 amide bonds. The van der Waals surface area contributed by atoms with Crippen molar-refractivity contribution in [2.45, 2.75) is 36.3 Å². The number of oxazole rings is 1. The fourth-order valence-corrected chi connectivity index (χ4v) is 4.68. The van der Waals surface area contributed by atoms with Crippen molar-refractivity contribution in [1.29, 1.82) is 0 Å². The van der Waals surface area contributed by atoms with Gasteiger partial charge in [-0.1, -0.05) is 11.6 Å². The second-order valence-corrected chi connectivity index (χ2v) is 8.97. The van der Waals surface area contributed by atoms with Crippen molar-refractivity contribution in [2.75, 3.05) is 13.7 Å². The largest absolute Gasteiger partial charge is 0.497 e. The van der Waals surface area contributed by atoms with Crippen LogP contribution in [0.4, 0.5) is 0 Å². The number of hydrogen-bond acceptors (Lipinski definition) is 7. The Morgan fingerprint density at radius 3 is 2.48 bits per heavy atom. The van der Waals surface area contributed by atoms with Crippen molar-refractivity contribution < 1.29 is 21.8 Å². The summed E-state index contributed by atoms with van der Waals surface area (Å²) in [6, 6.07) is 12.8. The van der Waals surface area contributed by atoms with Crippen LogP contribution >= 0.6 is 11.8 Å². The highest BCUT2D eigenvalue weighted by Gasteiger charge is 2.24. The van der Waals surface area contributed by atoms with E-state index in [9.17, 15) is 8.42 Å². The summed E-state index contributed by atoms with van der Waals surface area (Å²) in [6.07, 6.45) is 0. The van der Waals surface area contributed by atoms with Gasteiger partial charge >= 0.3 is 0 Å². The molecule has 0 aliphatic heterocycles. The van der Waals surface area contributed by atoms with E-state index in [-0.39, 0.29) is 11.5 Å². The van der Waals surface area contributed by atoms with Crippen LogP contribution in [0.1, 0.15) is 24.1 Å². The molecule has 0 aliphatic rings. The van der Waals surface area contributed by atoms with Crippen LogP contribution < -0.4 is 4.74 Å². The zero-order valence-corrected chi connectivity index (χ0v) is 18.4. The fourth-order valence-electron chi connectivity index (χ4n) is 2.85. The van der Waals surface area contributed by atoms with Crippen molar-refractivity contribution in [1.82, 2.24) is 4.98 Å². The number of thioether (sulfide) groups is 1.